The Morgan fingerprint density at radius 1 is 1.39 bits per heavy atom. The molecule has 1 atom stereocenters. The molecule has 0 radical (unpaired) electrons. The van der Waals surface area contributed by atoms with Crippen LogP contribution in [0.15, 0.2) is 18.2 Å². The Hall–Kier alpha value is -1.55. The molecule has 1 aromatic rings. The van der Waals surface area contributed by atoms with E-state index in [9.17, 15) is 4.79 Å². The first-order valence-corrected chi connectivity index (χ1v) is 6.11. The van der Waals surface area contributed by atoms with Crippen molar-refractivity contribution in [3.63, 3.8) is 0 Å². The van der Waals surface area contributed by atoms with Crippen molar-refractivity contribution in [3.05, 3.63) is 29.3 Å². The van der Waals surface area contributed by atoms with E-state index in [1.807, 2.05) is 12.1 Å². The molecule has 0 spiro atoms. The quantitative estimate of drug-likeness (QED) is 0.782. The minimum absolute atomic E-state index is 0.374. The van der Waals surface area contributed by atoms with Crippen molar-refractivity contribution < 1.29 is 14.3 Å². The highest BCUT2D eigenvalue weighted by Crippen LogP contribution is 2.22. The third-order valence-electron chi connectivity index (χ3n) is 2.98. The Kier molecular flexibility index (Phi) is 5.65. The Labute approximate surface area is 108 Å². The Morgan fingerprint density at radius 3 is 2.67 bits per heavy atom. The molecule has 0 fully saturated rings. The van der Waals surface area contributed by atoms with Crippen molar-refractivity contribution >= 4 is 5.97 Å². The van der Waals surface area contributed by atoms with Crippen LogP contribution in [0.1, 0.15) is 24.5 Å². The minimum Gasteiger partial charge on any atom is -0.496 e. The number of aryl methyl sites for hydroxylation is 2. The molecule has 0 saturated carbocycles. The monoisotopic (exact) mass is 251 g/mol. The van der Waals surface area contributed by atoms with Gasteiger partial charge in [0.15, 0.2) is 0 Å². The average molecular weight is 251 g/mol. The van der Waals surface area contributed by atoms with Crippen LogP contribution in [0.3, 0.4) is 0 Å². The number of carbonyl (C=O) groups excluding carboxylic acids is 1. The van der Waals surface area contributed by atoms with E-state index >= 15 is 0 Å². The molecule has 100 valence electrons. The zero-order chi connectivity index (χ0) is 13.5. The van der Waals surface area contributed by atoms with Crippen molar-refractivity contribution in [2.45, 2.75) is 32.2 Å². The molecular formula is C14H21NO3. The second kappa shape index (κ2) is 7.01. The number of methoxy groups -OCH3 is 2. The summed E-state index contributed by atoms with van der Waals surface area (Å²) in [5.41, 5.74) is 8.05. The van der Waals surface area contributed by atoms with E-state index in [1.165, 1.54) is 12.7 Å². The maximum atomic E-state index is 11.2. The van der Waals surface area contributed by atoms with Crippen molar-refractivity contribution in [3.8, 4) is 5.75 Å². The van der Waals surface area contributed by atoms with Crippen molar-refractivity contribution in [1.82, 2.24) is 0 Å². The molecule has 1 unspecified atom stereocenters. The summed E-state index contributed by atoms with van der Waals surface area (Å²) < 4.78 is 9.91. The van der Waals surface area contributed by atoms with E-state index in [-0.39, 0.29) is 5.97 Å². The number of benzene rings is 1. The van der Waals surface area contributed by atoms with Crippen LogP contribution in [-0.2, 0) is 22.4 Å². The lowest BCUT2D eigenvalue weighted by molar-refractivity contribution is -0.142. The van der Waals surface area contributed by atoms with Crippen LogP contribution in [-0.4, -0.2) is 26.2 Å². The maximum absolute atomic E-state index is 11.2. The minimum atomic E-state index is -0.579. The number of ether oxygens (including phenoxy) is 2. The zero-order valence-corrected chi connectivity index (χ0v) is 11.2. The number of nitrogens with two attached hydrogens (primary N) is 1. The molecular weight excluding hydrogens is 230 g/mol. The first kappa shape index (κ1) is 14.5. The largest absolute Gasteiger partial charge is 0.496 e. The molecule has 0 amide bonds. The Bertz CT molecular complexity index is 404. The van der Waals surface area contributed by atoms with E-state index in [1.54, 1.807) is 7.11 Å². The van der Waals surface area contributed by atoms with Gasteiger partial charge in [-0.3, -0.25) is 4.79 Å². The SMILES string of the molecule is CCc1ccc(OC)c(CCC(N)C(=O)OC)c1. The van der Waals surface area contributed by atoms with Gasteiger partial charge in [-0.1, -0.05) is 19.1 Å². The lowest BCUT2D eigenvalue weighted by atomic mass is 10.0. The molecule has 0 bridgehead atoms. The molecule has 0 heterocycles. The summed E-state index contributed by atoms with van der Waals surface area (Å²) >= 11 is 0. The molecule has 2 N–H and O–H groups in total. The molecule has 0 saturated heterocycles. The van der Waals surface area contributed by atoms with E-state index < -0.39 is 6.04 Å². The summed E-state index contributed by atoms with van der Waals surface area (Å²) in [6, 6.07) is 5.52. The molecule has 1 rings (SSSR count). The van der Waals surface area contributed by atoms with Gasteiger partial charge in [-0.05, 0) is 36.5 Å². The fourth-order valence-electron chi connectivity index (χ4n) is 1.83. The predicted molar refractivity (Wildman–Crippen MR) is 70.7 cm³/mol. The highest BCUT2D eigenvalue weighted by molar-refractivity contribution is 5.75. The molecule has 4 heteroatoms. The first-order valence-electron chi connectivity index (χ1n) is 6.11. The van der Waals surface area contributed by atoms with Gasteiger partial charge in [-0.25, -0.2) is 0 Å². The molecule has 0 aliphatic heterocycles. The second-order valence-electron chi connectivity index (χ2n) is 4.17. The van der Waals surface area contributed by atoms with Crippen LogP contribution in [0.2, 0.25) is 0 Å². The first-order chi connectivity index (χ1) is 8.62. The van der Waals surface area contributed by atoms with Crippen LogP contribution in [0.5, 0.6) is 5.75 Å². The average Bonchev–Trinajstić information content (AvgIpc) is 2.43. The van der Waals surface area contributed by atoms with Crippen LogP contribution in [0.4, 0.5) is 0 Å². The van der Waals surface area contributed by atoms with Gasteiger partial charge in [0, 0.05) is 0 Å². The summed E-state index contributed by atoms with van der Waals surface area (Å²) in [5, 5.41) is 0. The zero-order valence-electron chi connectivity index (χ0n) is 11.2. The Balaban J connectivity index is 2.73. The lowest BCUT2D eigenvalue weighted by Crippen LogP contribution is -2.31. The van der Waals surface area contributed by atoms with Crippen molar-refractivity contribution in [1.29, 1.82) is 0 Å². The standard InChI is InChI=1S/C14H21NO3/c1-4-10-5-8-13(17-2)11(9-10)6-7-12(15)14(16)18-3/h5,8-9,12H,4,6-7,15H2,1-3H3. The fraction of sp³-hybridized carbons (Fsp3) is 0.500. The topological polar surface area (TPSA) is 61.5 Å². The molecule has 0 aromatic heterocycles. The normalized spacial score (nSPS) is 12.0. The van der Waals surface area contributed by atoms with Gasteiger partial charge < -0.3 is 15.2 Å². The summed E-state index contributed by atoms with van der Waals surface area (Å²) in [6.07, 6.45) is 2.23. The summed E-state index contributed by atoms with van der Waals surface area (Å²) in [6.45, 7) is 2.10. The number of rotatable bonds is 6. The summed E-state index contributed by atoms with van der Waals surface area (Å²) in [7, 11) is 2.99. The number of hydrogen-bond acceptors (Lipinski definition) is 4. The van der Waals surface area contributed by atoms with Crippen molar-refractivity contribution in [2.75, 3.05) is 14.2 Å². The smallest absolute Gasteiger partial charge is 0.322 e. The highest BCUT2D eigenvalue weighted by atomic mass is 16.5. The van der Waals surface area contributed by atoms with Gasteiger partial charge >= 0.3 is 5.97 Å². The van der Waals surface area contributed by atoms with Crippen LogP contribution >= 0.6 is 0 Å². The van der Waals surface area contributed by atoms with Gasteiger partial charge in [0.2, 0.25) is 0 Å². The maximum Gasteiger partial charge on any atom is 0.322 e. The van der Waals surface area contributed by atoms with E-state index in [0.717, 1.165) is 17.7 Å². The molecule has 0 aliphatic rings. The predicted octanol–water partition coefficient (Wildman–Crippen LogP) is 1.69. The van der Waals surface area contributed by atoms with Gasteiger partial charge in [-0.15, -0.1) is 0 Å². The van der Waals surface area contributed by atoms with E-state index in [4.69, 9.17) is 10.5 Å². The summed E-state index contributed by atoms with van der Waals surface area (Å²) in [5.74, 6) is 0.463. The third kappa shape index (κ3) is 3.74. The van der Waals surface area contributed by atoms with Crippen LogP contribution in [0, 0.1) is 0 Å². The van der Waals surface area contributed by atoms with Gasteiger partial charge in [0.25, 0.3) is 0 Å². The van der Waals surface area contributed by atoms with Crippen LogP contribution in [0.25, 0.3) is 0 Å². The molecule has 1 aromatic carbocycles. The fourth-order valence-corrected chi connectivity index (χ4v) is 1.83. The number of carbonyl (C=O) groups is 1. The van der Waals surface area contributed by atoms with E-state index in [2.05, 4.69) is 17.7 Å². The Morgan fingerprint density at radius 2 is 2.11 bits per heavy atom. The highest BCUT2D eigenvalue weighted by Gasteiger charge is 2.14. The molecule has 0 aliphatic carbocycles. The van der Waals surface area contributed by atoms with E-state index in [0.29, 0.717) is 12.8 Å². The van der Waals surface area contributed by atoms with Gasteiger partial charge in [0.1, 0.15) is 11.8 Å². The van der Waals surface area contributed by atoms with Gasteiger partial charge in [-0.2, -0.15) is 0 Å². The number of hydrogen-bond donors (Lipinski definition) is 1. The van der Waals surface area contributed by atoms with Crippen molar-refractivity contribution in [2.24, 2.45) is 5.73 Å². The summed E-state index contributed by atoms with van der Waals surface area (Å²) in [4.78, 5) is 11.2. The van der Waals surface area contributed by atoms with Gasteiger partial charge in [0.05, 0.1) is 14.2 Å². The lowest BCUT2D eigenvalue weighted by Gasteiger charge is -2.12. The van der Waals surface area contributed by atoms with Crippen LogP contribution < -0.4 is 10.5 Å². The second-order valence-corrected chi connectivity index (χ2v) is 4.17. The number of esters is 1. The molecule has 4 nitrogen and oxygen atoms in total. The molecule has 18 heavy (non-hydrogen) atoms. The third-order valence-corrected chi connectivity index (χ3v) is 2.98.